The van der Waals surface area contributed by atoms with Gasteiger partial charge in [0, 0.05) is 6.54 Å². The first-order valence-electron chi connectivity index (χ1n) is 7.73. The fraction of sp³-hybridized carbons (Fsp3) is 0.500. The molecule has 1 unspecified atom stereocenters. The number of methoxy groups -OCH3 is 1. The van der Waals surface area contributed by atoms with Gasteiger partial charge in [-0.05, 0) is 45.0 Å². The molecule has 0 amide bonds. The van der Waals surface area contributed by atoms with Gasteiger partial charge in [-0.3, -0.25) is 9.59 Å². The maximum Gasteiger partial charge on any atom is 0.323 e. The van der Waals surface area contributed by atoms with Crippen LogP contribution in [-0.2, 0) is 24.3 Å². The predicted molar refractivity (Wildman–Crippen MR) is 93.2 cm³/mol. The molecular weight excluding hydrogens is 364 g/mol. The van der Waals surface area contributed by atoms with E-state index in [0.29, 0.717) is 10.1 Å². The van der Waals surface area contributed by atoms with Gasteiger partial charge in [-0.2, -0.15) is 4.31 Å². The summed E-state index contributed by atoms with van der Waals surface area (Å²) in [6.45, 7) is 3.56. The van der Waals surface area contributed by atoms with E-state index in [-0.39, 0.29) is 4.90 Å². The Morgan fingerprint density at radius 2 is 1.77 bits per heavy atom. The summed E-state index contributed by atoms with van der Waals surface area (Å²) in [6.07, 6.45) is 0. The highest BCUT2D eigenvalue weighted by Crippen LogP contribution is 2.22. The first-order valence-corrected chi connectivity index (χ1v) is 9.17. The van der Waals surface area contributed by atoms with Gasteiger partial charge in [0.1, 0.15) is 23.9 Å². The van der Waals surface area contributed by atoms with E-state index < -0.39 is 46.7 Å². The maximum atomic E-state index is 12.9. The van der Waals surface area contributed by atoms with Crippen molar-refractivity contribution in [2.75, 3.05) is 20.2 Å². The van der Waals surface area contributed by atoms with Gasteiger partial charge >= 0.3 is 11.9 Å². The minimum absolute atomic E-state index is 0.193. The summed E-state index contributed by atoms with van der Waals surface area (Å²) in [6, 6.07) is 3.72. The van der Waals surface area contributed by atoms with Crippen LogP contribution in [0.4, 0.5) is 0 Å². The molecule has 0 aromatic heterocycles. The molecule has 0 aliphatic heterocycles. The molecule has 9 nitrogen and oxygen atoms in total. The molecule has 0 aliphatic carbocycles. The fourth-order valence-electron chi connectivity index (χ4n) is 2.09. The molecule has 0 spiro atoms. The second kappa shape index (κ2) is 8.47. The number of ether oxygens (including phenoxy) is 2. The first kappa shape index (κ1) is 21.9. The number of nitrogens with zero attached hydrogens (tertiary/aromatic N) is 1. The smallest absolute Gasteiger partial charge is 0.323 e. The van der Waals surface area contributed by atoms with Crippen LogP contribution in [0.3, 0.4) is 0 Å². The van der Waals surface area contributed by atoms with Crippen molar-refractivity contribution in [3.63, 3.8) is 0 Å². The van der Waals surface area contributed by atoms with Crippen molar-refractivity contribution >= 4 is 22.0 Å². The van der Waals surface area contributed by atoms with E-state index in [1.807, 2.05) is 0 Å². The molecule has 10 heteroatoms. The summed E-state index contributed by atoms with van der Waals surface area (Å²) < 4.78 is 36.4. The molecule has 0 saturated carbocycles. The predicted octanol–water partition coefficient (Wildman–Crippen LogP) is 0.440. The quantitative estimate of drug-likeness (QED) is 0.612. The number of sulfonamides is 1. The second-order valence-corrected chi connectivity index (χ2v) is 8.29. The number of hydrogen-bond acceptors (Lipinski definition) is 7. The van der Waals surface area contributed by atoms with Crippen molar-refractivity contribution in [1.29, 1.82) is 0 Å². The molecule has 26 heavy (non-hydrogen) atoms. The van der Waals surface area contributed by atoms with Crippen molar-refractivity contribution in [3.8, 4) is 5.75 Å². The molecule has 0 radical (unpaired) electrons. The van der Waals surface area contributed by atoms with Gasteiger partial charge in [-0.25, -0.2) is 8.42 Å². The van der Waals surface area contributed by atoms with Crippen molar-refractivity contribution in [2.45, 2.75) is 37.3 Å². The van der Waals surface area contributed by atoms with E-state index in [4.69, 9.17) is 15.2 Å². The van der Waals surface area contributed by atoms with Gasteiger partial charge in [0.25, 0.3) is 0 Å². The number of carboxylic acids is 1. The molecule has 3 N–H and O–H groups in total. The zero-order valence-electron chi connectivity index (χ0n) is 15.1. The van der Waals surface area contributed by atoms with Crippen molar-refractivity contribution in [2.24, 2.45) is 5.73 Å². The van der Waals surface area contributed by atoms with Crippen LogP contribution in [-0.4, -0.2) is 61.6 Å². The molecule has 0 saturated heterocycles. The van der Waals surface area contributed by atoms with Gasteiger partial charge in [-0.1, -0.05) is 0 Å². The molecule has 0 aliphatic rings. The standard InChI is InChI=1S/C16H24N2O7S/c1-16(2,3)25-14(19)10-18(13(9-17)15(20)21)26(22,23)12-7-5-11(24-4)6-8-12/h5-8,13H,9-10,17H2,1-4H3,(H,20,21). The van der Waals surface area contributed by atoms with Gasteiger partial charge < -0.3 is 20.3 Å². The Bertz CT molecular complexity index is 739. The van der Waals surface area contributed by atoms with Gasteiger partial charge in [0.05, 0.1) is 12.0 Å². The lowest BCUT2D eigenvalue weighted by Crippen LogP contribution is -2.51. The van der Waals surface area contributed by atoms with Crippen molar-refractivity contribution < 1.29 is 32.6 Å². The van der Waals surface area contributed by atoms with Crippen LogP contribution in [0.5, 0.6) is 5.75 Å². The number of nitrogens with two attached hydrogens (primary N) is 1. The summed E-state index contributed by atoms with van der Waals surface area (Å²) >= 11 is 0. The Balaban J connectivity index is 3.28. The molecule has 1 aromatic rings. The third kappa shape index (κ3) is 5.68. The van der Waals surface area contributed by atoms with Gasteiger partial charge in [-0.15, -0.1) is 0 Å². The minimum atomic E-state index is -4.32. The van der Waals surface area contributed by atoms with E-state index in [9.17, 15) is 23.1 Å². The van der Waals surface area contributed by atoms with Crippen molar-refractivity contribution in [1.82, 2.24) is 4.31 Å². The molecule has 1 aromatic carbocycles. The maximum absolute atomic E-state index is 12.9. The van der Waals surface area contributed by atoms with Crippen LogP contribution in [0.25, 0.3) is 0 Å². The van der Waals surface area contributed by atoms with E-state index >= 15 is 0 Å². The van der Waals surface area contributed by atoms with Gasteiger partial charge in [0.2, 0.25) is 10.0 Å². The number of carbonyl (C=O) groups excluding carboxylic acids is 1. The summed E-state index contributed by atoms with van der Waals surface area (Å²) in [5.74, 6) is -1.92. The molecule has 146 valence electrons. The summed E-state index contributed by atoms with van der Waals surface area (Å²) in [4.78, 5) is 23.4. The van der Waals surface area contributed by atoms with E-state index in [0.717, 1.165) is 0 Å². The minimum Gasteiger partial charge on any atom is -0.497 e. The van der Waals surface area contributed by atoms with E-state index in [1.165, 1.54) is 31.4 Å². The highest BCUT2D eigenvalue weighted by atomic mass is 32.2. The Labute approximate surface area is 152 Å². The number of hydrogen-bond donors (Lipinski definition) is 2. The van der Waals surface area contributed by atoms with Crippen LogP contribution in [0.2, 0.25) is 0 Å². The zero-order valence-corrected chi connectivity index (χ0v) is 15.9. The molecule has 1 rings (SSSR count). The average molecular weight is 388 g/mol. The number of benzene rings is 1. The zero-order chi connectivity index (χ0) is 20.1. The summed E-state index contributed by atoms with van der Waals surface area (Å²) in [5, 5.41) is 9.32. The molecule has 0 bridgehead atoms. The molecule has 0 fully saturated rings. The average Bonchev–Trinajstić information content (AvgIpc) is 2.52. The summed E-state index contributed by atoms with van der Waals surface area (Å²) in [7, 11) is -2.89. The largest absolute Gasteiger partial charge is 0.497 e. The van der Waals surface area contributed by atoms with Crippen LogP contribution in [0.1, 0.15) is 20.8 Å². The van der Waals surface area contributed by atoms with Crippen molar-refractivity contribution in [3.05, 3.63) is 24.3 Å². The van der Waals surface area contributed by atoms with Crippen LogP contribution < -0.4 is 10.5 Å². The third-order valence-corrected chi connectivity index (χ3v) is 5.10. The second-order valence-electron chi connectivity index (χ2n) is 6.40. The Hall–Kier alpha value is -2.17. The summed E-state index contributed by atoms with van der Waals surface area (Å²) in [5.41, 5.74) is 4.59. The number of rotatable bonds is 8. The van der Waals surface area contributed by atoms with E-state index in [2.05, 4.69) is 0 Å². The van der Waals surface area contributed by atoms with E-state index in [1.54, 1.807) is 20.8 Å². The normalized spacial score (nSPS) is 13.3. The SMILES string of the molecule is COc1ccc(S(=O)(=O)N(CC(=O)OC(C)(C)C)C(CN)C(=O)O)cc1. The lowest BCUT2D eigenvalue weighted by molar-refractivity contribution is -0.156. The van der Waals surface area contributed by atoms with Crippen LogP contribution in [0, 0.1) is 0 Å². The highest BCUT2D eigenvalue weighted by Gasteiger charge is 2.37. The number of aliphatic carboxylic acids is 1. The highest BCUT2D eigenvalue weighted by molar-refractivity contribution is 7.89. The Morgan fingerprint density at radius 1 is 1.23 bits per heavy atom. The number of carbonyl (C=O) groups is 2. The topological polar surface area (TPSA) is 136 Å². The molecule has 1 atom stereocenters. The van der Waals surface area contributed by atoms with Crippen LogP contribution in [0.15, 0.2) is 29.2 Å². The van der Waals surface area contributed by atoms with Crippen LogP contribution >= 0.6 is 0 Å². The lowest BCUT2D eigenvalue weighted by Gasteiger charge is -2.28. The molecule has 0 heterocycles. The lowest BCUT2D eigenvalue weighted by atomic mass is 10.2. The molecular formula is C16H24N2O7S. The first-order chi connectivity index (χ1) is 11.9. The van der Waals surface area contributed by atoms with Gasteiger partial charge in [0.15, 0.2) is 0 Å². The third-order valence-electron chi connectivity index (χ3n) is 3.23. The Morgan fingerprint density at radius 3 is 2.15 bits per heavy atom. The monoisotopic (exact) mass is 388 g/mol. The number of esters is 1. The number of carboxylic acid groups (broad SMARTS) is 1. The Kier molecular flexibility index (Phi) is 7.13. The fourth-order valence-corrected chi connectivity index (χ4v) is 3.63.